The zero-order chi connectivity index (χ0) is 20.5. The molecule has 0 spiro atoms. The van der Waals surface area contributed by atoms with Crippen molar-refractivity contribution in [1.29, 1.82) is 0 Å². The fourth-order valence-electron chi connectivity index (χ4n) is 4.13. The lowest BCUT2D eigenvalue weighted by atomic mass is 10.1. The van der Waals surface area contributed by atoms with E-state index in [1.807, 2.05) is 12.1 Å². The van der Waals surface area contributed by atoms with Gasteiger partial charge in [-0.15, -0.1) is 0 Å². The molecule has 5 nitrogen and oxygen atoms in total. The van der Waals surface area contributed by atoms with Gasteiger partial charge in [0.25, 0.3) is 0 Å². The molecule has 2 heterocycles. The number of anilines is 3. The van der Waals surface area contributed by atoms with Crippen LogP contribution in [0.2, 0.25) is 0 Å². The van der Waals surface area contributed by atoms with Crippen LogP contribution in [-0.4, -0.2) is 27.9 Å². The molecule has 0 radical (unpaired) electrons. The molecule has 0 aliphatic carbocycles. The van der Waals surface area contributed by atoms with E-state index in [0.29, 0.717) is 12.2 Å². The molecular formula is C24H37N3O2. The molecule has 0 bridgehead atoms. The van der Waals surface area contributed by atoms with Crippen molar-refractivity contribution in [2.45, 2.75) is 77.7 Å². The lowest BCUT2D eigenvalue weighted by Gasteiger charge is -2.28. The predicted octanol–water partition coefficient (Wildman–Crippen LogP) is 6.38. The molecule has 3 rings (SSSR count). The first-order chi connectivity index (χ1) is 14.2. The van der Waals surface area contributed by atoms with Gasteiger partial charge in [-0.3, -0.25) is 4.57 Å². The smallest absolute Gasteiger partial charge is 0.218 e. The van der Waals surface area contributed by atoms with Gasteiger partial charge in [-0.1, -0.05) is 45.4 Å². The zero-order valence-electron chi connectivity index (χ0n) is 17.9. The van der Waals surface area contributed by atoms with Crippen LogP contribution in [0, 0.1) is 0 Å². The summed E-state index contributed by atoms with van der Waals surface area (Å²) in [6, 6.07) is 9.93. The lowest BCUT2D eigenvalue weighted by Crippen LogP contribution is -2.29. The molecule has 160 valence electrons. The fourth-order valence-corrected chi connectivity index (χ4v) is 4.13. The molecule has 1 aliphatic heterocycles. The maximum Gasteiger partial charge on any atom is 0.218 e. The van der Waals surface area contributed by atoms with Gasteiger partial charge in [0.15, 0.2) is 5.88 Å². The van der Waals surface area contributed by atoms with E-state index in [-0.39, 0.29) is 11.8 Å². The summed E-state index contributed by atoms with van der Waals surface area (Å²) in [6.07, 6.45) is 12.3. The second-order valence-corrected chi connectivity index (χ2v) is 8.23. The van der Waals surface area contributed by atoms with Gasteiger partial charge < -0.3 is 20.4 Å². The van der Waals surface area contributed by atoms with Crippen LogP contribution in [0.5, 0.6) is 11.8 Å². The minimum absolute atomic E-state index is 0.105. The van der Waals surface area contributed by atoms with Crippen molar-refractivity contribution in [3.8, 4) is 11.8 Å². The molecule has 1 aliphatic rings. The Morgan fingerprint density at radius 2 is 1.52 bits per heavy atom. The molecule has 0 amide bonds. The number of unbranched alkanes of at least 4 members (excludes halogenated alkanes) is 6. The quantitative estimate of drug-likeness (QED) is 0.383. The predicted molar refractivity (Wildman–Crippen MR) is 122 cm³/mol. The highest BCUT2D eigenvalue weighted by Crippen LogP contribution is 2.35. The SMILES string of the molecule is CCCCCCCCCn1c(O)cc(Nc2ccc(N3CCCCC3)cc2)c1O. The van der Waals surface area contributed by atoms with Crippen LogP contribution in [0.25, 0.3) is 0 Å². The van der Waals surface area contributed by atoms with Gasteiger partial charge in [0.1, 0.15) is 5.69 Å². The summed E-state index contributed by atoms with van der Waals surface area (Å²) in [7, 11) is 0. The molecule has 1 aromatic heterocycles. The summed E-state index contributed by atoms with van der Waals surface area (Å²) in [5, 5.41) is 24.0. The monoisotopic (exact) mass is 399 g/mol. The second kappa shape index (κ2) is 11.0. The van der Waals surface area contributed by atoms with Crippen molar-refractivity contribution in [2.24, 2.45) is 0 Å². The normalized spacial score (nSPS) is 14.3. The standard InChI is InChI=1S/C24H37N3O2/c1-2-3-4-5-6-7-11-18-27-23(28)19-22(24(27)29)25-20-12-14-21(15-13-20)26-16-9-8-10-17-26/h12-15,19,25,28-29H,2-11,16-18H2,1H3. The third-order valence-electron chi connectivity index (χ3n) is 5.90. The number of aromatic nitrogens is 1. The van der Waals surface area contributed by atoms with Gasteiger partial charge in [0.2, 0.25) is 5.88 Å². The number of aromatic hydroxyl groups is 2. The van der Waals surface area contributed by atoms with Gasteiger partial charge in [-0.25, -0.2) is 0 Å². The highest BCUT2D eigenvalue weighted by atomic mass is 16.3. The highest BCUT2D eigenvalue weighted by molar-refractivity contribution is 5.68. The third kappa shape index (κ3) is 6.09. The van der Waals surface area contributed by atoms with Crippen LogP contribution in [-0.2, 0) is 6.54 Å². The lowest BCUT2D eigenvalue weighted by molar-refractivity contribution is 0.362. The Morgan fingerprint density at radius 1 is 0.862 bits per heavy atom. The van der Waals surface area contributed by atoms with Crippen LogP contribution in [0.4, 0.5) is 17.1 Å². The average molecular weight is 400 g/mol. The van der Waals surface area contributed by atoms with E-state index in [9.17, 15) is 10.2 Å². The number of benzene rings is 1. The molecule has 5 heteroatoms. The summed E-state index contributed by atoms with van der Waals surface area (Å²) in [6.45, 7) is 5.12. The van der Waals surface area contributed by atoms with E-state index in [1.54, 1.807) is 10.6 Å². The molecule has 0 unspecified atom stereocenters. The number of piperidine rings is 1. The highest BCUT2D eigenvalue weighted by Gasteiger charge is 2.15. The van der Waals surface area contributed by atoms with Gasteiger partial charge in [-0.05, 0) is 49.9 Å². The number of nitrogens with one attached hydrogen (secondary N) is 1. The number of hydrogen-bond acceptors (Lipinski definition) is 4. The van der Waals surface area contributed by atoms with Crippen LogP contribution < -0.4 is 10.2 Å². The van der Waals surface area contributed by atoms with E-state index in [0.717, 1.165) is 31.6 Å². The Bertz CT molecular complexity index is 733. The molecule has 0 saturated carbocycles. The fraction of sp³-hybridized carbons (Fsp3) is 0.583. The Kier molecular flexibility index (Phi) is 8.14. The van der Waals surface area contributed by atoms with Gasteiger partial charge in [-0.2, -0.15) is 0 Å². The van der Waals surface area contributed by atoms with Crippen LogP contribution in [0.1, 0.15) is 71.1 Å². The molecule has 1 saturated heterocycles. The molecule has 29 heavy (non-hydrogen) atoms. The first kappa shape index (κ1) is 21.4. The molecule has 1 fully saturated rings. The van der Waals surface area contributed by atoms with Crippen molar-refractivity contribution >= 4 is 17.1 Å². The van der Waals surface area contributed by atoms with Crippen LogP contribution in [0.3, 0.4) is 0 Å². The Labute approximate surface area is 175 Å². The first-order valence-corrected chi connectivity index (χ1v) is 11.4. The maximum absolute atomic E-state index is 10.5. The van der Waals surface area contributed by atoms with Crippen molar-refractivity contribution < 1.29 is 10.2 Å². The maximum atomic E-state index is 10.5. The molecular weight excluding hydrogens is 362 g/mol. The summed E-state index contributed by atoms with van der Waals surface area (Å²) < 4.78 is 1.59. The zero-order valence-corrected chi connectivity index (χ0v) is 17.9. The molecule has 1 aromatic carbocycles. The second-order valence-electron chi connectivity index (χ2n) is 8.23. The average Bonchev–Trinajstić information content (AvgIpc) is 3.01. The molecule has 0 atom stereocenters. The van der Waals surface area contributed by atoms with Gasteiger partial charge in [0.05, 0.1) is 0 Å². The minimum Gasteiger partial charge on any atom is -0.494 e. The third-order valence-corrected chi connectivity index (χ3v) is 5.90. The Hall–Kier alpha value is -2.30. The van der Waals surface area contributed by atoms with Crippen LogP contribution >= 0.6 is 0 Å². The first-order valence-electron chi connectivity index (χ1n) is 11.4. The summed E-state index contributed by atoms with van der Waals surface area (Å²) in [5.41, 5.74) is 2.71. The summed E-state index contributed by atoms with van der Waals surface area (Å²) in [5.74, 6) is 0.217. The van der Waals surface area contributed by atoms with E-state index in [1.165, 1.54) is 57.1 Å². The Morgan fingerprint density at radius 3 is 2.21 bits per heavy atom. The summed E-state index contributed by atoms with van der Waals surface area (Å²) >= 11 is 0. The molecule has 3 N–H and O–H groups in total. The van der Waals surface area contributed by atoms with Gasteiger partial charge in [0, 0.05) is 37.1 Å². The summed E-state index contributed by atoms with van der Waals surface area (Å²) in [4.78, 5) is 2.43. The van der Waals surface area contributed by atoms with Crippen LogP contribution in [0.15, 0.2) is 30.3 Å². The van der Waals surface area contributed by atoms with E-state index < -0.39 is 0 Å². The van der Waals surface area contributed by atoms with Gasteiger partial charge >= 0.3 is 0 Å². The van der Waals surface area contributed by atoms with E-state index in [4.69, 9.17) is 0 Å². The number of hydrogen-bond donors (Lipinski definition) is 3. The number of nitrogens with zero attached hydrogens (tertiary/aromatic N) is 2. The van der Waals surface area contributed by atoms with Crippen molar-refractivity contribution in [1.82, 2.24) is 4.57 Å². The topological polar surface area (TPSA) is 60.7 Å². The van der Waals surface area contributed by atoms with E-state index in [2.05, 4.69) is 29.3 Å². The molecule has 2 aromatic rings. The van der Waals surface area contributed by atoms with Crippen molar-refractivity contribution in [3.63, 3.8) is 0 Å². The largest absolute Gasteiger partial charge is 0.494 e. The van der Waals surface area contributed by atoms with Crippen molar-refractivity contribution in [2.75, 3.05) is 23.3 Å². The Balaban J connectivity index is 1.51. The van der Waals surface area contributed by atoms with E-state index >= 15 is 0 Å². The van der Waals surface area contributed by atoms with Crippen molar-refractivity contribution in [3.05, 3.63) is 30.3 Å². The number of rotatable bonds is 11. The minimum atomic E-state index is 0.105.